The van der Waals surface area contributed by atoms with Crippen molar-refractivity contribution in [1.82, 2.24) is 9.78 Å². The molecule has 13 heavy (non-hydrogen) atoms. The first-order valence-corrected chi connectivity index (χ1v) is 3.84. The van der Waals surface area contributed by atoms with Gasteiger partial charge in [-0.3, -0.25) is 0 Å². The number of nitrogens with zero attached hydrogens (tertiary/aromatic N) is 3. The molecule has 0 aliphatic heterocycles. The first-order valence-electron chi connectivity index (χ1n) is 3.84. The molecular weight excluding hydrogens is 166 g/mol. The van der Waals surface area contributed by atoms with E-state index in [0.717, 1.165) is 5.69 Å². The van der Waals surface area contributed by atoms with Crippen LogP contribution in [0.15, 0.2) is 47.8 Å². The molecule has 0 N–H and O–H groups in total. The molecule has 2 rings (SSSR count). The molecule has 0 amide bonds. The Morgan fingerprint density at radius 1 is 1.15 bits per heavy atom. The Balaban J connectivity index is 2.41. The maximum atomic E-state index is 10.1. The van der Waals surface area contributed by atoms with Crippen molar-refractivity contribution in [3.8, 4) is 5.69 Å². The van der Waals surface area contributed by atoms with Crippen LogP contribution >= 0.6 is 0 Å². The highest BCUT2D eigenvalue weighted by Crippen LogP contribution is 2.11. The van der Waals surface area contributed by atoms with E-state index in [1.165, 1.54) is 0 Å². The third-order valence-electron chi connectivity index (χ3n) is 1.69. The molecule has 1 heterocycles. The number of hydrogen-bond donors (Lipinski definition) is 0. The second-order valence-electron chi connectivity index (χ2n) is 2.55. The van der Waals surface area contributed by atoms with Crippen LogP contribution in [0.25, 0.3) is 5.69 Å². The maximum Gasteiger partial charge on any atom is 0.217 e. The number of aromatic nitrogens is 2. The molecule has 0 aliphatic rings. The highest BCUT2D eigenvalue weighted by Gasteiger charge is 1.98. The molecule has 0 spiro atoms. The van der Waals surface area contributed by atoms with Crippen LogP contribution in [-0.4, -0.2) is 9.78 Å². The van der Waals surface area contributed by atoms with E-state index in [1.54, 1.807) is 16.9 Å². The lowest BCUT2D eigenvalue weighted by molar-refractivity contribution is 0.880. The first-order chi connectivity index (χ1) is 6.40. The van der Waals surface area contributed by atoms with Gasteiger partial charge >= 0.3 is 0 Å². The molecule has 0 saturated carbocycles. The molecule has 4 heteroatoms. The average Bonchev–Trinajstić information content (AvgIpc) is 2.67. The minimum absolute atomic E-state index is 0.198. The van der Waals surface area contributed by atoms with Crippen LogP contribution in [0.1, 0.15) is 0 Å². The van der Waals surface area contributed by atoms with E-state index in [9.17, 15) is 4.91 Å². The van der Waals surface area contributed by atoms with Crippen molar-refractivity contribution < 1.29 is 0 Å². The molecule has 4 nitrogen and oxygen atoms in total. The monoisotopic (exact) mass is 173 g/mol. The summed E-state index contributed by atoms with van der Waals surface area (Å²) in [5.74, 6) is 0.198. The summed E-state index contributed by atoms with van der Waals surface area (Å²) in [5, 5.41) is 6.67. The standard InChI is InChI=1S/C9H7N3O/c13-11-9-6-7-12(10-9)8-4-2-1-3-5-8/h1-7H. The molecule has 0 radical (unpaired) electrons. The quantitative estimate of drug-likeness (QED) is 0.654. The van der Waals surface area contributed by atoms with Gasteiger partial charge < -0.3 is 0 Å². The number of para-hydroxylation sites is 1. The van der Waals surface area contributed by atoms with E-state index in [1.807, 2.05) is 30.3 Å². The molecule has 0 bridgehead atoms. The van der Waals surface area contributed by atoms with Gasteiger partial charge in [-0.05, 0) is 17.3 Å². The Labute approximate surface area is 74.8 Å². The molecular formula is C9H7N3O. The summed E-state index contributed by atoms with van der Waals surface area (Å²) < 4.78 is 1.61. The Hall–Kier alpha value is -1.97. The van der Waals surface area contributed by atoms with Gasteiger partial charge in [0.1, 0.15) is 0 Å². The predicted octanol–water partition coefficient (Wildman–Crippen LogP) is 2.27. The molecule has 0 atom stereocenters. The zero-order chi connectivity index (χ0) is 9.10. The minimum atomic E-state index is 0.198. The highest BCUT2D eigenvalue weighted by atomic mass is 16.3. The highest BCUT2D eigenvalue weighted by molar-refractivity contribution is 5.33. The first kappa shape index (κ1) is 7.67. The Bertz CT molecular complexity index is 408. The second-order valence-corrected chi connectivity index (χ2v) is 2.55. The Morgan fingerprint density at radius 2 is 1.92 bits per heavy atom. The lowest BCUT2D eigenvalue weighted by Gasteiger charge is -1.97. The van der Waals surface area contributed by atoms with Crippen LogP contribution < -0.4 is 0 Å². The van der Waals surface area contributed by atoms with Crippen LogP contribution in [0.4, 0.5) is 5.82 Å². The third kappa shape index (κ3) is 1.46. The lowest BCUT2D eigenvalue weighted by atomic mass is 10.3. The van der Waals surface area contributed by atoms with Crippen LogP contribution in [-0.2, 0) is 0 Å². The van der Waals surface area contributed by atoms with E-state index in [4.69, 9.17) is 0 Å². The molecule has 2 aromatic rings. The van der Waals surface area contributed by atoms with Crippen molar-refractivity contribution in [2.45, 2.75) is 0 Å². The normalized spacial score (nSPS) is 9.85. The Morgan fingerprint density at radius 3 is 2.54 bits per heavy atom. The van der Waals surface area contributed by atoms with Crippen LogP contribution in [0, 0.1) is 4.91 Å². The van der Waals surface area contributed by atoms with Crippen molar-refractivity contribution in [3.05, 3.63) is 47.5 Å². The van der Waals surface area contributed by atoms with Crippen molar-refractivity contribution in [1.29, 1.82) is 0 Å². The third-order valence-corrected chi connectivity index (χ3v) is 1.69. The summed E-state index contributed by atoms with van der Waals surface area (Å²) in [4.78, 5) is 10.1. The maximum absolute atomic E-state index is 10.1. The number of rotatable bonds is 2. The van der Waals surface area contributed by atoms with E-state index < -0.39 is 0 Å². The smallest absolute Gasteiger partial charge is 0.217 e. The van der Waals surface area contributed by atoms with Gasteiger partial charge in [-0.2, -0.15) is 0 Å². The van der Waals surface area contributed by atoms with Crippen molar-refractivity contribution in [3.63, 3.8) is 0 Å². The molecule has 64 valence electrons. The largest absolute Gasteiger partial charge is 0.239 e. The van der Waals surface area contributed by atoms with Gasteiger partial charge in [0.05, 0.1) is 5.69 Å². The van der Waals surface area contributed by atoms with Gasteiger partial charge in [0.2, 0.25) is 5.82 Å². The fourth-order valence-electron chi connectivity index (χ4n) is 1.09. The molecule has 0 unspecified atom stereocenters. The second kappa shape index (κ2) is 3.18. The molecule has 1 aromatic heterocycles. The van der Waals surface area contributed by atoms with Gasteiger partial charge in [-0.25, -0.2) is 4.68 Å². The fraction of sp³-hybridized carbons (Fsp3) is 0. The van der Waals surface area contributed by atoms with Crippen LogP contribution in [0.3, 0.4) is 0 Å². The number of nitroso groups, excluding NO2 is 1. The van der Waals surface area contributed by atoms with Crippen molar-refractivity contribution in [2.24, 2.45) is 5.18 Å². The Kier molecular flexibility index (Phi) is 1.88. The van der Waals surface area contributed by atoms with E-state index in [2.05, 4.69) is 10.3 Å². The zero-order valence-corrected chi connectivity index (χ0v) is 6.79. The summed E-state index contributed by atoms with van der Waals surface area (Å²) in [7, 11) is 0. The summed E-state index contributed by atoms with van der Waals surface area (Å²) in [6.45, 7) is 0. The summed E-state index contributed by atoms with van der Waals surface area (Å²) in [6.07, 6.45) is 1.70. The zero-order valence-electron chi connectivity index (χ0n) is 6.79. The lowest BCUT2D eigenvalue weighted by Crippen LogP contribution is -1.92. The van der Waals surface area contributed by atoms with Crippen molar-refractivity contribution in [2.75, 3.05) is 0 Å². The molecule has 1 aromatic carbocycles. The van der Waals surface area contributed by atoms with E-state index in [-0.39, 0.29) is 5.82 Å². The summed E-state index contributed by atoms with van der Waals surface area (Å²) in [6, 6.07) is 11.1. The fourth-order valence-corrected chi connectivity index (χ4v) is 1.09. The van der Waals surface area contributed by atoms with Crippen LogP contribution in [0.2, 0.25) is 0 Å². The molecule has 0 aliphatic carbocycles. The average molecular weight is 173 g/mol. The number of benzene rings is 1. The SMILES string of the molecule is O=Nc1ccn(-c2ccccc2)n1. The van der Waals surface area contributed by atoms with E-state index in [0.29, 0.717) is 0 Å². The van der Waals surface area contributed by atoms with Gasteiger partial charge in [-0.1, -0.05) is 18.2 Å². The van der Waals surface area contributed by atoms with Gasteiger partial charge in [0.15, 0.2) is 0 Å². The van der Waals surface area contributed by atoms with E-state index >= 15 is 0 Å². The topological polar surface area (TPSA) is 47.2 Å². The molecule has 0 fully saturated rings. The van der Waals surface area contributed by atoms with Crippen LogP contribution in [0.5, 0.6) is 0 Å². The minimum Gasteiger partial charge on any atom is -0.239 e. The molecule has 0 saturated heterocycles. The number of hydrogen-bond acceptors (Lipinski definition) is 3. The van der Waals surface area contributed by atoms with Crippen molar-refractivity contribution >= 4 is 5.82 Å². The van der Waals surface area contributed by atoms with Gasteiger partial charge in [0.25, 0.3) is 0 Å². The van der Waals surface area contributed by atoms with Gasteiger partial charge in [0, 0.05) is 12.3 Å². The summed E-state index contributed by atoms with van der Waals surface area (Å²) >= 11 is 0. The predicted molar refractivity (Wildman–Crippen MR) is 49.0 cm³/mol. The summed E-state index contributed by atoms with van der Waals surface area (Å²) in [5.41, 5.74) is 0.914. The van der Waals surface area contributed by atoms with Gasteiger partial charge in [-0.15, -0.1) is 10.0 Å².